The summed E-state index contributed by atoms with van der Waals surface area (Å²) in [7, 11) is 0. The number of rotatable bonds is 6. The van der Waals surface area contributed by atoms with E-state index in [9.17, 15) is 19.2 Å². The first-order chi connectivity index (χ1) is 25.3. The minimum Gasteiger partial charge on any atom is -0.444 e. The second-order valence-electron chi connectivity index (χ2n) is 15.9. The number of urea groups is 1. The zero-order chi connectivity index (χ0) is 37.9. The summed E-state index contributed by atoms with van der Waals surface area (Å²) in [6.07, 6.45) is 2.14. The van der Waals surface area contributed by atoms with Crippen LogP contribution in [0.1, 0.15) is 68.7 Å². The molecule has 0 saturated carbocycles. The quantitative estimate of drug-likeness (QED) is 0.380. The van der Waals surface area contributed by atoms with E-state index in [2.05, 4.69) is 10.2 Å². The molecule has 0 aliphatic carbocycles. The number of hydrogen-bond donors (Lipinski definition) is 1. The van der Waals surface area contributed by atoms with E-state index in [1.807, 2.05) is 80.8 Å². The van der Waals surface area contributed by atoms with Gasteiger partial charge in [-0.15, -0.1) is 0 Å². The fraction of sp³-hybridized carbons (Fsp3) is 0.600. The fourth-order valence-electron chi connectivity index (χ4n) is 8.09. The molecule has 4 heterocycles. The Hall–Kier alpha value is -4.03. The molecule has 6 rings (SSSR count). The van der Waals surface area contributed by atoms with Gasteiger partial charge in [0.25, 0.3) is 5.91 Å². The number of anilines is 1. The first-order valence-electron chi connectivity index (χ1n) is 19.1. The number of aryl methyl sites for hydroxylation is 2. The zero-order valence-electron chi connectivity index (χ0n) is 31.9. The van der Waals surface area contributed by atoms with Gasteiger partial charge in [0, 0.05) is 88.1 Å². The van der Waals surface area contributed by atoms with Gasteiger partial charge in [-0.2, -0.15) is 0 Å². The van der Waals surface area contributed by atoms with E-state index in [1.54, 1.807) is 9.80 Å². The van der Waals surface area contributed by atoms with E-state index in [4.69, 9.17) is 21.1 Å². The summed E-state index contributed by atoms with van der Waals surface area (Å²) in [4.78, 5) is 63.2. The van der Waals surface area contributed by atoms with Gasteiger partial charge in [0.15, 0.2) is 6.10 Å². The number of ether oxygens (including phenoxy) is 2. The average molecular weight is 751 g/mol. The third-order valence-electron chi connectivity index (χ3n) is 11.0. The van der Waals surface area contributed by atoms with Crippen molar-refractivity contribution in [2.75, 3.05) is 64.2 Å². The van der Waals surface area contributed by atoms with Crippen LogP contribution < -0.4 is 5.32 Å². The van der Waals surface area contributed by atoms with Crippen molar-refractivity contribution in [2.24, 2.45) is 0 Å². The number of piperidine rings is 2. The van der Waals surface area contributed by atoms with Crippen LogP contribution >= 0.6 is 11.6 Å². The molecule has 1 N–H and O–H groups in total. The van der Waals surface area contributed by atoms with Crippen molar-refractivity contribution >= 4 is 41.4 Å². The smallest absolute Gasteiger partial charge is 0.410 e. The molecule has 3 saturated heterocycles. The van der Waals surface area contributed by atoms with Crippen LogP contribution in [-0.4, -0.2) is 131 Å². The lowest BCUT2D eigenvalue weighted by Gasteiger charge is -2.43. The lowest BCUT2D eigenvalue weighted by atomic mass is 9.99. The fourth-order valence-corrected chi connectivity index (χ4v) is 8.20. The van der Waals surface area contributed by atoms with Gasteiger partial charge < -0.3 is 34.4 Å². The number of amides is 5. The Morgan fingerprint density at radius 2 is 1.40 bits per heavy atom. The standard InChI is InChI=1S/C40H55ClN6O6/c1-27-24-29(25-28(2)35(27)41)26-34(36(48)44-15-11-31(12-16-44)43-20-22-46(23-21-43)39(51)53-40(3,4)5)52-38(50)45-17-13-32(14-18-45)47-19-10-30-8-6-7-9-33(30)42-37(47)49/h6-9,24-25,31-32,34H,10-23,26H2,1-5H3,(H,42,49). The van der Waals surface area contributed by atoms with Crippen LogP contribution in [0.2, 0.25) is 5.02 Å². The normalized spacial score (nSPS) is 20.0. The van der Waals surface area contributed by atoms with Crippen molar-refractivity contribution in [3.63, 3.8) is 0 Å². The summed E-state index contributed by atoms with van der Waals surface area (Å²) in [5.41, 5.74) is 4.16. The van der Waals surface area contributed by atoms with Gasteiger partial charge in [0.2, 0.25) is 0 Å². The number of hydrogen-bond acceptors (Lipinski definition) is 7. The molecule has 0 aromatic heterocycles. The van der Waals surface area contributed by atoms with Gasteiger partial charge in [-0.05, 0) is 95.0 Å². The van der Waals surface area contributed by atoms with E-state index >= 15 is 0 Å². The highest BCUT2D eigenvalue weighted by Gasteiger charge is 2.37. The summed E-state index contributed by atoms with van der Waals surface area (Å²) in [5, 5.41) is 3.74. The molecular formula is C40H55ClN6O6. The number of fused-ring (bicyclic) bond motifs is 1. The first-order valence-corrected chi connectivity index (χ1v) is 19.5. The Balaban J connectivity index is 1.05. The molecule has 2 aromatic carbocycles. The van der Waals surface area contributed by atoms with Gasteiger partial charge in [0.1, 0.15) is 5.60 Å². The number of piperazine rings is 1. The Kier molecular flexibility index (Phi) is 12.1. The lowest BCUT2D eigenvalue weighted by molar-refractivity contribution is -0.142. The van der Waals surface area contributed by atoms with E-state index < -0.39 is 17.8 Å². The highest BCUT2D eigenvalue weighted by Crippen LogP contribution is 2.27. The van der Waals surface area contributed by atoms with Crippen LogP contribution in [-0.2, 0) is 27.1 Å². The molecule has 288 valence electrons. The molecule has 3 fully saturated rings. The van der Waals surface area contributed by atoms with Crippen molar-refractivity contribution < 1.29 is 28.7 Å². The first kappa shape index (κ1) is 38.7. The number of halogens is 1. The van der Waals surface area contributed by atoms with E-state index in [0.29, 0.717) is 69.7 Å². The molecule has 13 heteroatoms. The average Bonchev–Trinajstić information content (AvgIpc) is 3.30. The molecule has 53 heavy (non-hydrogen) atoms. The van der Waals surface area contributed by atoms with Crippen LogP contribution in [0.4, 0.5) is 20.1 Å². The number of nitrogens with one attached hydrogen (secondary N) is 1. The maximum atomic E-state index is 14.2. The number of carbonyl (C=O) groups is 4. The van der Waals surface area contributed by atoms with Crippen molar-refractivity contribution in [2.45, 2.75) is 96.9 Å². The Morgan fingerprint density at radius 1 is 0.811 bits per heavy atom. The molecule has 1 unspecified atom stereocenters. The Bertz CT molecular complexity index is 1630. The van der Waals surface area contributed by atoms with Crippen molar-refractivity contribution in [3.8, 4) is 0 Å². The van der Waals surface area contributed by atoms with Crippen LogP contribution in [0, 0.1) is 13.8 Å². The number of benzene rings is 2. The van der Waals surface area contributed by atoms with Crippen LogP contribution in [0.15, 0.2) is 36.4 Å². The molecular weight excluding hydrogens is 696 g/mol. The van der Waals surface area contributed by atoms with Crippen molar-refractivity contribution in [1.29, 1.82) is 0 Å². The molecule has 2 aromatic rings. The molecule has 1 atom stereocenters. The molecule has 0 bridgehead atoms. The van der Waals surface area contributed by atoms with Gasteiger partial charge in [-0.1, -0.05) is 41.9 Å². The maximum absolute atomic E-state index is 14.2. The van der Waals surface area contributed by atoms with Gasteiger partial charge in [-0.3, -0.25) is 9.69 Å². The number of nitrogens with zero attached hydrogens (tertiary/aromatic N) is 5. The third-order valence-corrected chi connectivity index (χ3v) is 11.6. The van der Waals surface area contributed by atoms with Crippen molar-refractivity contribution in [1.82, 2.24) is 24.5 Å². The summed E-state index contributed by atoms with van der Waals surface area (Å²) in [5.74, 6) is -0.188. The molecule has 5 amide bonds. The largest absolute Gasteiger partial charge is 0.444 e. The number of carbonyl (C=O) groups excluding carboxylic acids is 4. The van der Waals surface area contributed by atoms with Crippen LogP contribution in [0.5, 0.6) is 0 Å². The Morgan fingerprint density at radius 3 is 2.04 bits per heavy atom. The van der Waals surface area contributed by atoms with Crippen molar-refractivity contribution in [3.05, 3.63) is 63.7 Å². The van der Waals surface area contributed by atoms with Crippen LogP contribution in [0.3, 0.4) is 0 Å². The summed E-state index contributed by atoms with van der Waals surface area (Å²) in [6.45, 7) is 14.9. The maximum Gasteiger partial charge on any atom is 0.410 e. The van der Waals surface area contributed by atoms with E-state index in [-0.39, 0.29) is 30.5 Å². The van der Waals surface area contributed by atoms with E-state index in [0.717, 1.165) is 60.3 Å². The summed E-state index contributed by atoms with van der Waals surface area (Å²) >= 11 is 6.47. The van der Waals surface area contributed by atoms with Gasteiger partial charge in [0.05, 0.1) is 0 Å². The molecule has 4 aliphatic rings. The lowest BCUT2D eigenvalue weighted by Crippen LogP contribution is -2.56. The summed E-state index contributed by atoms with van der Waals surface area (Å²) in [6, 6.07) is 12.0. The molecule has 0 radical (unpaired) electrons. The highest BCUT2D eigenvalue weighted by atomic mass is 35.5. The molecule has 0 spiro atoms. The minimum absolute atomic E-state index is 0.00684. The van der Waals surface area contributed by atoms with Crippen LogP contribution in [0.25, 0.3) is 0 Å². The predicted octanol–water partition coefficient (Wildman–Crippen LogP) is 6.10. The second kappa shape index (κ2) is 16.5. The Labute approximate surface area is 318 Å². The topological polar surface area (TPSA) is 115 Å². The monoisotopic (exact) mass is 750 g/mol. The van der Waals surface area contributed by atoms with Gasteiger partial charge >= 0.3 is 18.2 Å². The summed E-state index contributed by atoms with van der Waals surface area (Å²) < 4.78 is 11.7. The molecule has 4 aliphatic heterocycles. The highest BCUT2D eigenvalue weighted by molar-refractivity contribution is 6.32. The SMILES string of the molecule is Cc1cc(CC(OC(=O)N2CCC(N3CCc4ccccc4NC3=O)CC2)C(=O)N2CCC(N3CCN(C(=O)OC(C)(C)C)CC3)CC2)cc(C)c1Cl. The molecule has 12 nitrogen and oxygen atoms in total. The van der Waals surface area contributed by atoms with E-state index in [1.165, 1.54) is 0 Å². The minimum atomic E-state index is -0.982. The predicted molar refractivity (Wildman–Crippen MR) is 204 cm³/mol. The second-order valence-corrected chi connectivity index (χ2v) is 16.3. The third kappa shape index (κ3) is 9.56. The van der Waals surface area contributed by atoms with Gasteiger partial charge in [-0.25, -0.2) is 14.4 Å². The number of likely N-dealkylation sites (tertiary alicyclic amines) is 2. The number of para-hydroxylation sites is 1. The zero-order valence-corrected chi connectivity index (χ0v) is 32.6.